The van der Waals surface area contributed by atoms with Crippen LogP contribution in [0.3, 0.4) is 0 Å². The predicted molar refractivity (Wildman–Crippen MR) is 70.9 cm³/mol. The first-order valence-corrected chi connectivity index (χ1v) is 7.79. The first-order valence-electron chi connectivity index (χ1n) is 5.93. The van der Waals surface area contributed by atoms with Crippen molar-refractivity contribution in [1.29, 1.82) is 0 Å². The van der Waals surface area contributed by atoms with E-state index in [1.807, 2.05) is 11.8 Å². The van der Waals surface area contributed by atoms with Crippen molar-refractivity contribution in [3.05, 3.63) is 10.0 Å². The molecular weight excluding hydrogens is 238 g/mol. The lowest BCUT2D eigenvalue weighted by molar-refractivity contribution is 0.584. The van der Waals surface area contributed by atoms with Crippen LogP contribution in [0.4, 0.5) is 0 Å². The van der Waals surface area contributed by atoms with Gasteiger partial charge in [0, 0.05) is 12.6 Å². The molecule has 0 radical (unpaired) electrons. The maximum Gasteiger partial charge on any atom is 0.131 e. The van der Waals surface area contributed by atoms with E-state index in [0.717, 1.165) is 11.6 Å². The Balaban J connectivity index is 1.90. The molecule has 2 rings (SSSR count). The van der Waals surface area contributed by atoms with Gasteiger partial charge in [-0.1, -0.05) is 31.6 Å². The molecule has 3 nitrogen and oxygen atoms in total. The third kappa shape index (κ3) is 3.43. The van der Waals surface area contributed by atoms with Gasteiger partial charge in [0.2, 0.25) is 0 Å². The predicted octanol–water partition coefficient (Wildman–Crippen LogP) is 2.99. The summed E-state index contributed by atoms with van der Waals surface area (Å²) in [5.74, 6) is 1.28. The van der Waals surface area contributed by atoms with Crippen LogP contribution in [0.15, 0.2) is 0 Å². The zero-order chi connectivity index (χ0) is 11.4. The van der Waals surface area contributed by atoms with Gasteiger partial charge in [0.25, 0.3) is 0 Å². The van der Waals surface area contributed by atoms with E-state index in [9.17, 15) is 0 Å². The highest BCUT2D eigenvalue weighted by molar-refractivity contribution is 7.99. The Bertz CT molecular complexity index is 319. The van der Waals surface area contributed by atoms with Crippen molar-refractivity contribution in [3.8, 4) is 0 Å². The fourth-order valence-electron chi connectivity index (χ4n) is 1.70. The maximum absolute atomic E-state index is 4.33. The number of nitrogens with one attached hydrogen (secondary N) is 1. The molecule has 1 aliphatic rings. The second-order valence-corrected chi connectivity index (χ2v) is 6.83. The maximum atomic E-state index is 4.33. The highest BCUT2D eigenvalue weighted by atomic mass is 32.2. The Hall–Kier alpha value is -0.130. The molecule has 0 bridgehead atoms. The lowest BCUT2D eigenvalue weighted by Gasteiger charge is -2.17. The summed E-state index contributed by atoms with van der Waals surface area (Å²) in [4.78, 5) is 0. The lowest BCUT2D eigenvalue weighted by Crippen LogP contribution is -2.21. The van der Waals surface area contributed by atoms with Gasteiger partial charge in [-0.15, -0.1) is 10.2 Å². The minimum absolute atomic E-state index is 0.511. The van der Waals surface area contributed by atoms with Gasteiger partial charge >= 0.3 is 0 Å². The molecule has 5 heteroatoms. The number of hydrogen-bond donors (Lipinski definition) is 1. The molecule has 0 saturated carbocycles. The summed E-state index contributed by atoms with van der Waals surface area (Å²) in [6, 6.07) is 0.511. The van der Waals surface area contributed by atoms with Gasteiger partial charge in [0.05, 0.1) is 5.25 Å². The van der Waals surface area contributed by atoms with Crippen LogP contribution in [0.1, 0.15) is 48.4 Å². The molecule has 1 saturated heterocycles. The van der Waals surface area contributed by atoms with Crippen LogP contribution in [0.5, 0.6) is 0 Å². The third-order valence-electron chi connectivity index (χ3n) is 2.60. The van der Waals surface area contributed by atoms with Gasteiger partial charge in [0.1, 0.15) is 10.0 Å². The van der Waals surface area contributed by atoms with Crippen molar-refractivity contribution in [2.75, 3.05) is 5.75 Å². The summed E-state index contributed by atoms with van der Waals surface area (Å²) in [5.41, 5.74) is 0. The second kappa shape index (κ2) is 5.98. The minimum atomic E-state index is 0.511. The molecule has 16 heavy (non-hydrogen) atoms. The number of thioether (sulfide) groups is 1. The summed E-state index contributed by atoms with van der Waals surface area (Å²) in [6.07, 6.45) is 3.98. The molecule has 1 aromatic rings. The monoisotopic (exact) mass is 257 g/mol. The molecule has 1 unspecified atom stereocenters. The van der Waals surface area contributed by atoms with E-state index in [-0.39, 0.29) is 0 Å². The lowest BCUT2D eigenvalue weighted by atomic mass is 10.2. The molecule has 90 valence electrons. The highest BCUT2D eigenvalue weighted by Gasteiger charge is 2.20. The Labute approximate surface area is 105 Å². The quantitative estimate of drug-likeness (QED) is 0.900. The fraction of sp³-hybridized carbons (Fsp3) is 0.818. The van der Waals surface area contributed by atoms with E-state index in [1.54, 1.807) is 11.3 Å². The summed E-state index contributed by atoms with van der Waals surface area (Å²) in [6.45, 7) is 5.16. The van der Waals surface area contributed by atoms with Crippen LogP contribution < -0.4 is 5.32 Å². The van der Waals surface area contributed by atoms with E-state index < -0.39 is 0 Å². The molecular formula is C11H19N3S2. The SMILES string of the molecule is CC(C)NCc1nnc(C2CCCCS2)s1. The summed E-state index contributed by atoms with van der Waals surface area (Å²) in [7, 11) is 0. The molecule has 1 aromatic heterocycles. The van der Waals surface area contributed by atoms with Crippen molar-refractivity contribution in [2.24, 2.45) is 0 Å². The molecule has 0 aliphatic carbocycles. The molecule has 1 N–H and O–H groups in total. The summed E-state index contributed by atoms with van der Waals surface area (Å²) in [5, 5.41) is 14.9. The minimum Gasteiger partial charge on any atom is -0.308 e. The largest absolute Gasteiger partial charge is 0.308 e. The van der Waals surface area contributed by atoms with Gasteiger partial charge in [-0.05, 0) is 18.6 Å². The van der Waals surface area contributed by atoms with Gasteiger partial charge in [-0.3, -0.25) is 0 Å². The van der Waals surface area contributed by atoms with Crippen molar-refractivity contribution in [1.82, 2.24) is 15.5 Å². The van der Waals surface area contributed by atoms with Crippen LogP contribution in [0.25, 0.3) is 0 Å². The second-order valence-electron chi connectivity index (χ2n) is 4.42. The van der Waals surface area contributed by atoms with E-state index in [4.69, 9.17) is 0 Å². The van der Waals surface area contributed by atoms with E-state index >= 15 is 0 Å². The zero-order valence-corrected chi connectivity index (χ0v) is 11.5. The average Bonchev–Trinajstić information content (AvgIpc) is 2.76. The van der Waals surface area contributed by atoms with Gasteiger partial charge in [-0.2, -0.15) is 11.8 Å². The highest BCUT2D eigenvalue weighted by Crippen LogP contribution is 2.39. The Morgan fingerprint density at radius 1 is 1.38 bits per heavy atom. The molecule has 1 fully saturated rings. The molecule has 1 aliphatic heterocycles. The number of rotatable bonds is 4. The van der Waals surface area contributed by atoms with Gasteiger partial charge in [-0.25, -0.2) is 0 Å². The normalized spacial score (nSPS) is 21.6. The van der Waals surface area contributed by atoms with Gasteiger partial charge in [0.15, 0.2) is 0 Å². The first kappa shape index (κ1) is 12.3. The fourth-order valence-corrected chi connectivity index (χ4v) is 4.03. The Kier molecular flexibility index (Phi) is 4.61. The van der Waals surface area contributed by atoms with Gasteiger partial charge < -0.3 is 5.32 Å². The number of aromatic nitrogens is 2. The smallest absolute Gasteiger partial charge is 0.131 e. The van der Waals surface area contributed by atoms with Crippen LogP contribution in [-0.2, 0) is 6.54 Å². The van der Waals surface area contributed by atoms with Crippen molar-refractivity contribution in [3.63, 3.8) is 0 Å². The molecule has 1 atom stereocenters. The Morgan fingerprint density at radius 3 is 2.94 bits per heavy atom. The van der Waals surface area contributed by atoms with E-state index in [1.165, 1.54) is 30.0 Å². The van der Waals surface area contributed by atoms with E-state index in [0.29, 0.717) is 11.3 Å². The summed E-state index contributed by atoms with van der Waals surface area (Å²) < 4.78 is 0. The van der Waals surface area contributed by atoms with Crippen LogP contribution in [-0.4, -0.2) is 22.0 Å². The van der Waals surface area contributed by atoms with Crippen molar-refractivity contribution in [2.45, 2.75) is 50.9 Å². The van der Waals surface area contributed by atoms with E-state index in [2.05, 4.69) is 29.4 Å². The van der Waals surface area contributed by atoms with Crippen LogP contribution in [0, 0.1) is 0 Å². The topological polar surface area (TPSA) is 37.8 Å². The Morgan fingerprint density at radius 2 is 2.25 bits per heavy atom. The average molecular weight is 257 g/mol. The first-order chi connectivity index (χ1) is 7.75. The van der Waals surface area contributed by atoms with Crippen LogP contribution >= 0.6 is 23.1 Å². The summed E-state index contributed by atoms with van der Waals surface area (Å²) >= 11 is 3.82. The molecule has 0 spiro atoms. The van der Waals surface area contributed by atoms with Crippen molar-refractivity contribution < 1.29 is 0 Å². The third-order valence-corrected chi connectivity index (χ3v) is 5.17. The molecule has 2 heterocycles. The van der Waals surface area contributed by atoms with Crippen molar-refractivity contribution >= 4 is 23.1 Å². The standard InChI is InChI=1S/C11H19N3S2/c1-8(2)12-7-10-13-14-11(16-10)9-5-3-4-6-15-9/h8-9,12H,3-7H2,1-2H3. The van der Waals surface area contributed by atoms with Crippen LogP contribution in [0.2, 0.25) is 0 Å². The zero-order valence-electron chi connectivity index (χ0n) is 9.90. The number of nitrogens with zero attached hydrogens (tertiary/aromatic N) is 2. The molecule has 0 amide bonds. The molecule has 0 aromatic carbocycles. The number of hydrogen-bond acceptors (Lipinski definition) is 5.